The molecule has 16 heavy (non-hydrogen) atoms. The molecule has 0 aliphatic carbocycles. The highest BCUT2D eigenvalue weighted by Gasteiger charge is 2.03. The Kier molecular flexibility index (Phi) is 4.60. The number of ketones is 1. The number of rotatable bonds is 6. The van der Waals surface area contributed by atoms with E-state index in [1.54, 1.807) is 19.1 Å². The van der Waals surface area contributed by atoms with E-state index in [4.69, 9.17) is 0 Å². The van der Waals surface area contributed by atoms with Crippen molar-refractivity contribution < 1.29 is 9.72 Å². The number of nitro groups is 1. The number of hydrogen-bond donors (Lipinski definition) is 1. The summed E-state index contributed by atoms with van der Waals surface area (Å²) < 4.78 is 0. The highest BCUT2D eigenvalue weighted by molar-refractivity contribution is 5.75. The molecule has 1 aromatic rings. The average molecular weight is 222 g/mol. The van der Waals surface area contributed by atoms with Crippen molar-refractivity contribution >= 4 is 11.5 Å². The summed E-state index contributed by atoms with van der Waals surface area (Å²) in [6.45, 7) is 2.80. The van der Waals surface area contributed by atoms with E-state index in [0.29, 0.717) is 19.5 Å². The number of nitrogens with zero attached hydrogens (tertiary/aromatic N) is 1. The van der Waals surface area contributed by atoms with Gasteiger partial charge in [0.1, 0.15) is 5.78 Å². The van der Waals surface area contributed by atoms with Crippen LogP contribution in [0, 0.1) is 10.1 Å². The maximum absolute atomic E-state index is 10.7. The zero-order chi connectivity index (χ0) is 12.0. The highest BCUT2D eigenvalue weighted by atomic mass is 16.6. The normalized spacial score (nSPS) is 10.1. The zero-order valence-electron chi connectivity index (χ0n) is 9.10. The summed E-state index contributed by atoms with van der Waals surface area (Å²) in [6.07, 6.45) is 0.507. The average Bonchev–Trinajstić information content (AvgIpc) is 2.25. The van der Waals surface area contributed by atoms with Gasteiger partial charge in [0.25, 0.3) is 5.69 Å². The van der Waals surface area contributed by atoms with Crippen molar-refractivity contribution in [3.63, 3.8) is 0 Å². The first-order valence-electron chi connectivity index (χ1n) is 5.03. The number of non-ortho nitro benzene ring substituents is 1. The molecule has 0 atom stereocenters. The molecule has 5 heteroatoms. The van der Waals surface area contributed by atoms with E-state index in [0.717, 1.165) is 5.56 Å². The van der Waals surface area contributed by atoms with Crippen molar-refractivity contribution in [1.82, 2.24) is 5.32 Å². The summed E-state index contributed by atoms with van der Waals surface area (Å²) in [6, 6.07) is 6.36. The summed E-state index contributed by atoms with van der Waals surface area (Å²) in [5.41, 5.74) is 1.06. The minimum Gasteiger partial charge on any atom is -0.312 e. The van der Waals surface area contributed by atoms with Gasteiger partial charge in [-0.05, 0) is 12.5 Å². The molecule has 0 aliphatic heterocycles. The van der Waals surface area contributed by atoms with Gasteiger partial charge in [-0.2, -0.15) is 0 Å². The van der Waals surface area contributed by atoms with E-state index in [-0.39, 0.29) is 11.5 Å². The number of benzene rings is 1. The Balaban J connectivity index is 2.38. The molecular weight excluding hydrogens is 208 g/mol. The van der Waals surface area contributed by atoms with Gasteiger partial charge >= 0.3 is 0 Å². The first kappa shape index (κ1) is 12.3. The van der Waals surface area contributed by atoms with Gasteiger partial charge in [0.2, 0.25) is 0 Å². The van der Waals surface area contributed by atoms with E-state index >= 15 is 0 Å². The standard InChI is InChI=1S/C11H14N2O3/c1-9(14)6-7-12-8-10-2-4-11(5-3-10)13(15)16/h2-5,12H,6-8H2,1H3. The lowest BCUT2D eigenvalue weighted by Crippen LogP contribution is -2.16. The summed E-state index contributed by atoms with van der Waals surface area (Å²) in [4.78, 5) is 20.6. The van der Waals surface area contributed by atoms with Crippen LogP contribution in [0.5, 0.6) is 0 Å². The molecule has 0 spiro atoms. The Bertz CT molecular complexity index is 373. The van der Waals surface area contributed by atoms with Gasteiger partial charge < -0.3 is 5.32 Å². The van der Waals surface area contributed by atoms with Gasteiger partial charge in [0, 0.05) is 31.6 Å². The third-order valence-electron chi connectivity index (χ3n) is 2.13. The molecule has 0 saturated carbocycles. The van der Waals surface area contributed by atoms with Crippen LogP contribution >= 0.6 is 0 Å². The van der Waals surface area contributed by atoms with Crippen LogP contribution < -0.4 is 5.32 Å². The predicted molar refractivity (Wildman–Crippen MR) is 60.1 cm³/mol. The summed E-state index contributed by atoms with van der Waals surface area (Å²) in [5.74, 6) is 0.149. The smallest absolute Gasteiger partial charge is 0.269 e. The third kappa shape index (κ3) is 4.18. The largest absolute Gasteiger partial charge is 0.312 e. The van der Waals surface area contributed by atoms with Gasteiger partial charge in [0.15, 0.2) is 0 Å². The molecule has 86 valence electrons. The molecule has 1 N–H and O–H groups in total. The number of carbonyl (C=O) groups is 1. The maximum atomic E-state index is 10.7. The second-order valence-electron chi connectivity index (χ2n) is 3.55. The fraction of sp³-hybridized carbons (Fsp3) is 0.364. The van der Waals surface area contributed by atoms with Crippen molar-refractivity contribution in [2.24, 2.45) is 0 Å². The summed E-state index contributed by atoms with van der Waals surface area (Å²) in [5, 5.41) is 13.5. The van der Waals surface area contributed by atoms with Crippen molar-refractivity contribution in [1.29, 1.82) is 0 Å². The molecule has 0 aliphatic rings. The van der Waals surface area contributed by atoms with Crippen LogP contribution in [0.4, 0.5) is 5.69 Å². The molecule has 0 bridgehead atoms. The quantitative estimate of drug-likeness (QED) is 0.451. The van der Waals surface area contributed by atoms with Crippen LogP contribution in [0.15, 0.2) is 24.3 Å². The molecule has 1 aromatic carbocycles. The zero-order valence-corrected chi connectivity index (χ0v) is 9.10. The van der Waals surface area contributed by atoms with E-state index in [2.05, 4.69) is 5.32 Å². The number of hydrogen-bond acceptors (Lipinski definition) is 4. The second-order valence-corrected chi connectivity index (χ2v) is 3.55. The SMILES string of the molecule is CC(=O)CCNCc1ccc([N+](=O)[O-])cc1. The molecule has 0 unspecified atom stereocenters. The van der Waals surface area contributed by atoms with E-state index in [1.807, 2.05) is 0 Å². The molecule has 0 heterocycles. The first-order valence-corrected chi connectivity index (χ1v) is 5.03. The summed E-state index contributed by atoms with van der Waals surface area (Å²) >= 11 is 0. The topological polar surface area (TPSA) is 72.2 Å². The van der Waals surface area contributed by atoms with E-state index in [1.165, 1.54) is 12.1 Å². The van der Waals surface area contributed by atoms with Crippen LogP contribution in [0.1, 0.15) is 18.9 Å². The number of nitro benzene ring substituents is 1. The van der Waals surface area contributed by atoms with E-state index in [9.17, 15) is 14.9 Å². The molecule has 0 radical (unpaired) electrons. The van der Waals surface area contributed by atoms with E-state index < -0.39 is 4.92 Å². The van der Waals surface area contributed by atoms with Gasteiger partial charge in [0.05, 0.1) is 4.92 Å². The van der Waals surface area contributed by atoms with Crippen molar-refractivity contribution in [2.75, 3.05) is 6.54 Å². The lowest BCUT2D eigenvalue weighted by molar-refractivity contribution is -0.384. The number of carbonyl (C=O) groups excluding carboxylic acids is 1. The molecule has 0 fully saturated rings. The van der Waals surface area contributed by atoms with Crippen LogP contribution in [0.3, 0.4) is 0 Å². The highest BCUT2D eigenvalue weighted by Crippen LogP contribution is 2.11. The Morgan fingerprint density at radius 3 is 2.50 bits per heavy atom. The lowest BCUT2D eigenvalue weighted by atomic mass is 10.2. The molecule has 0 saturated heterocycles. The lowest BCUT2D eigenvalue weighted by Gasteiger charge is -2.02. The minimum atomic E-state index is -0.424. The molecule has 0 aromatic heterocycles. The predicted octanol–water partition coefficient (Wildman–Crippen LogP) is 1.66. The fourth-order valence-electron chi connectivity index (χ4n) is 1.23. The monoisotopic (exact) mass is 222 g/mol. The summed E-state index contributed by atoms with van der Waals surface area (Å²) in [7, 11) is 0. The Morgan fingerprint density at radius 1 is 1.38 bits per heavy atom. The number of Topliss-reactive ketones (excluding diaryl/α,β-unsaturated/α-hetero) is 1. The molecule has 5 nitrogen and oxygen atoms in total. The van der Waals surface area contributed by atoms with Crippen molar-refractivity contribution in [2.45, 2.75) is 19.9 Å². The minimum absolute atomic E-state index is 0.0903. The fourth-order valence-corrected chi connectivity index (χ4v) is 1.23. The Hall–Kier alpha value is -1.75. The Labute approximate surface area is 93.6 Å². The van der Waals surface area contributed by atoms with Crippen LogP contribution in [0.2, 0.25) is 0 Å². The van der Waals surface area contributed by atoms with Crippen LogP contribution in [0.25, 0.3) is 0 Å². The third-order valence-corrected chi connectivity index (χ3v) is 2.13. The van der Waals surface area contributed by atoms with Crippen LogP contribution in [-0.2, 0) is 11.3 Å². The molecule has 0 amide bonds. The maximum Gasteiger partial charge on any atom is 0.269 e. The van der Waals surface area contributed by atoms with Gasteiger partial charge in [-0.15, -0.1) is 0 Å². The van der Waals surface area contributed by atoms with Gasteiger partial charge in [-0.3, -0.25) is 14.9 Å². The molecular formula is C11H14N2O3. The number of nitrogens with one attached hydrogen (secondary N) is 1. The second kappa shape index (κ2) is 5.97. The van der Waals surface area contributed by atoms with Crippen molar-refractivity contribution in [3.8, 4) is 0 Å². The first-order chi connectivity index (χ1) is 7.59. The van der Waals surface area contributed by atoms with Gasteiger partial charge in [-0.1, -0.05) is 12.1 Å². The molecule has 1 rings (SSSR count). The van der Waals surface area contributed by atoms with Gasteiger partial charge in [-0.25, -0.2) is 0 Å². The Morgan fingerprint density at radius 2 is 2.00 bits per heavy atom. The van der Waals surface area contributed by atoms with Crippen molar-refractivity contribution in [3.05, 3.63) is 39.9 Å². The van der Waals surface area contributed by atoms with Crippen LogP contribution in [-0.4, -0.2) is 17.3 Å².